The fraction of sp³-hybridized carbons (Fsp3) is 0.458. The fourth-order valence-electron chi connectivity index (χ4n) is 4.75. The Kier molecular flexibility index (Phi) is 6.41. The van der Waals surface area contributed by atoms with Gasteiger partial charge in [0.1, 0.15) is 22.1 Å². The first-order valence-corrected chi connectivity index (χ1v) is 11.7. The molecule has 2 aromatic rings. The van der Waals surface area contributed by atoms with Gasteiger partial charge in [-0.05, 0) is 50.3 Å². The Morgan fingerprint density at radius 1 is 1.13 bits per heavy atom. The van der Waals surface area contributed by atoms with E-state index in [0.29, 0.717) is 29.2 Å². The number of hydrogen-bond donors (Lipinski definition) is 1. The molecule has 2 fully saturated rings. The molecule has 2 unspecified atom stereocenters. The van der Waals surface area contributed by atoms with Crippen LogP contribution in [0.15, 0.2) is 29.6 Å². The topological polar surface area (TPSA) is 81.7 Å². The largest absolute Gasteiger partial charge is 0.497 e. The Morgan fingerprint density at radius 3 is 2.42 bits per heavy atom. The monoisotopic (exact) mass is 441 g/mol. The minimum Gasteiger partial charge on any atom is -0.497 e. The Bertz CT molecular complexity index is 964. The number of benzene rings is 1. The predicted molar refractivity (Wildman–Crippen MR) is 119 cm³/mol. The van der Waals surface area contributed by atoms with Crippen LogP contribution in [0.3, 0.4) is 0 Å². The maximum Gasteiger partial charge on any atom is 0.341 e. The second-order valence-corrected chi connectivity index (χ2v) is 9.07. The lowest BCUT2D eigenvalue weighted by molar-refractivity contribution is -0.136. The van der Waals surface area contributed by atoms with Crippen LogP contribution in [0, 0.1) is 17.8 Å². The van der Waals surface area contributed by atoms with Crippen LogP contribution in [-0.4, -0.2) is 31.4 Å². The zero-order valence-corrected chi connectivity index (χ0v) is 18.6. The van der Waals surface area contributed by atoms with Gasteiger partial charge in [0.05, 0.1) is 13.7 Å². The summed E-state index contributed by atoms with van der Waals surface area (Å²) in [6.45, 7) is 2.01. The fourth-order valence-corrected chi connectivity index (χ4v) is 5.71. The first-order chi connectivity index (χ1) is 15.0. The van der Waals surface area contributed by atoms with E-state index in [0.717, 1.165) is 36.1 Å². The zero-order valence-electron chi connectivity index (χ0n) is 17.8. The minimum absolute atomic E-state index is 0.00553. The van der Waals surface area contributed by atoms with Crippen molar-refractivity contribution >= 4 is 34.0 Å². The Labute approximate surface area is 185 Å². The van der Waals surface area contributed by atoms with Crippen LogP contribution < -0.4 is 10.1 Å². The molecule has 2 bridgehead atoms. The maximum atomic E-state index is 13.1. The van der Waals surface area contributed by atoms with E-state index in [9.17, 15) is 14.4 Å². The number of ether oxygens (including phenoxy) is 2. The van der Waals surface area contributed by atoms with Crippen molar-refractivity contribution in [3.05, 3.63) is 35.2 Å². The van der Waals surface area contributed by atoms with Crippen LogP contribution in [0.4, 0.5) is 5.00 Å². The molecule has 0 spiro atoms. The van der Waals surface area contributed by atoms with E-state index in [1.807, 2.05) is 29.6 Å². The van der Waals surface area contributed by atoms with Gasteiger partial charge in [0.25, 0.3) is 0 Å². The quantitative estimate of drug-likeness (QED) is 0.643. The molecule has 4 rings (SSSR count). The van der Waals surface area contributed by atoms with Crippen molar-refractivity contribution < 1.29 is 23.9 Å². The normalized spacial score (nSPS) is 22.6. The van der Waals surface area contributed by atoms with E-state index in [2.05, 4.69) is 5.32 Å². The number of hydrogen-bond acceptors (Lipinski definition) is 6. The number of esters is 1. The Balaban J connectivity index is 1.59. The highest BCUT2D eigenvalue weighted by Gasteiger charge is 2.41. The first kappa shape index (κ1) is 21.6. The highest BCUT2D eigenvalue weighted by atomic mass is 32.1. The Morgan fingerprint density at radius 2 is 1.81 bits per heavy atom. The zero-order chi connectivity index (χ0) is 22.0. The van der Waals surface area contributed by atoms with E-state index in [-0.39, 0.29) is 30.3 Å². The lowest BCUT2D eigenvalue weighted by Gasteiger charge is -2.36. The number of ketones is 1. The van der Waals surface area contributed by atoms with E-state index in [4.69, 9.17) is 9.47 Å². The number of fused-ring (bicyclic) bond motifs is 2. The molecule has 31 heavy (non-hydrogen) atoms. The number of Topliss-reactive ketones (excluding diaryl/α,β-unsaturated/α-hetero) is 1. The summed E-state index contributed by atoms with van der Waals surface area (Å²) in [4.78, 5) is 38.2. The first-order valence-electron chi connectivity index (χ1n) is 10.8. The molecule has 1 heterocycles. The average Bonchev–Trinajstić information content (AvgIpc) is 3.17. The molecule has 2 saturated carbocycles. The third-order valence-electron chi connectivity index (χ3n) is 6.33. The second-order valence-electron chi connectivity index (χ2n) is 8.19. The number of methoxy groups -OCH3 is 1. The van der Waals surface area contributed by atoms with Gasteiger partial charge in [-0.3, -0.25) is 9.59 Å². The molecule has 1 amide bonds. The van der Waals surface area contributed by atoms with Gasteiger partial charge in [-0.2, -0.15) is 0 Å². The number of carbonyl (C=O) groups excluding carboxylic acids is 3. The van der Waals surface area contributed by atoms with Crippen LogP contribution in [0.2, 0.25) is 0 Å². The van der Waals surface area contributed by atoms with E-state index in [1.165, 1.54) is 11.3 Å². The second kappa shape index (κ2) is 9.22. The van der Waals surface area contributed by atoms with Crippen LogP contribution in [0.1, 0.15) is 49.4 Å². The van der Waals surface area contributed by atoms with E-state index in [1.54, 1.807) is 14.0 Å². The number of amides is 1. The van der Waals surface area contributed by atoms with Gasteiger partial charge >= 0.3 is 5.97 Å². The molecule has 0 saturated heterocycles. The molecular weight excluding hydrogens is 414 g/mol. The van der Waals surface area contributed by atoms with Crippen molar-refractivity contribution in [1.29, 1.82) is 0 Å². The molecule has 0 radical (unpaired) electrons. The standard InChI is InChI=1S/C24H27NO5S/c1-3-30-24(28)20-19(14-7-9-18(29-2)10-8-14)13-31-23(20)25-22(27)17-11-15-5-4-6-16(12-17)21(15)26/h7-10,13,15-17H,3-6,11-12H2,1-2H3,(H,25,27). The number of thiophene rings is 1. The summed E-state index contributed by atoms with van der Waals surface area (Å²) in [6.07, 6.45) is 4.04. The van der Waals surface area contributed by atoms with Crippen LogP contribution >= 0.6 is 11.3 Å². The van der Waals surface area contributed by atoms with E-state index < -0.39 is 5.97 Å². The lowest BCUT2D eigenvalue weighted by Crippen LogP contribution is -2.40. The third-order valence-corrected chi connectivity index (χ3v) is 7.22. The summed E-state index contributed by atoms with van der Waals surface area (Å²) in [5.41, 5.74) is 1.94. The molecule has 1 aromatic heterocycles. The molecular formula is C24H27NO5S. The van der Waals surface area contributed by atoms with E-state index >= 15 is 0 Å². The van der Waals surface area contributed by atoms with Gasteiger partial charge in [-0.15, -0.1) is 11.3 Å². The van der Waals surface area contributed by atoms with Crippen LogP contribution in [0.25, 0.3) is 11.1 Å². The van der Waals surface area contributed by atoms with Crippen LogP contribution in [-0.2, 0) is 14.3 Å². The predicted octanol–water partition coefficient (Wildman–Crippen LogP) is 4.93. The summed E-state index contributed by atoms with van der Waals surface area (Å²) in [6, 6.07) is 7.42. The molecule has 1 N–H and O–H groups in total. The van der Waals surface area contributed by atoms with Gasteiger partial charge in [-0.25, -0.2) is 4.79 Å². The molecule has 1 aromatic carbocycles. The minimum atomic E-state index is -0.458. The van der Waals surface area contributed by atoms with Gasteiger partial charge in [0.2, 0.25) is 5.91 Å². The lowest BCUT2D eigenvalue weighted by atomic mass is 9.67. The number of anilines is 1. The molecule has 6 nitrogen and oxygen atoms in total. The van der Waals surface area contributed by atoms with Gasteiger partial charge in [0.15, 0.2) is 0 Å². The number of carbonyl (C=O) groups is 3. The smallest absolute Gasteiger partial charge is 0.341 e. The molecule has 2 atom stereocenters. The van der Waals surface area contributed by atoms with Crippen molar-refractivity contribution in [1.82, 2.24) is 0 Å². The van der Waals surface area contributed by atoms with Gasteiger partial charge in [0, 0.05) is 28.7 Å². The average molecular weight is 442 g/mol. The highest BCUT2D eigenvalue weighted by Crippen LogP contribution is 2.42. The van der Waals surface area contributed by atoms with Gasteiger partial charge in [-0.1, -0.05) is 18.6 Å². The summed E-state index contributed by atoms with van der Waals surface area (Å²) in [7, 11) is 1.60. The van der Waals surface area contributed by atoms with Crippen molar-refractivity contribution in [2.75, 3.05) is 19.0 Å². The molecule has 164 valence electrons. The van der Waals surface area contributed by atoms with Crippen LogP contribution in [0.5, 0.6) is 5.75 Å². The van der Waals surface area contributed by atoms with Gasteiger partial charge < -0.3 is 14.8 Å². The number of rotatable bonds is 6. The molecule has 7 heteroatoms. The highest BCUT2D eigenvalue weighted by molar-refractivity contribution is 7.15. The molecule has 2 aliphatic rings. The summed E-state index contributed by atoms with van der Waals surface area (Å²) in [5, 5.41) is 5.34. The maximum absolute atomic E-state index is 13.1. The SMILES string of the molecule is CCOC(=O)c1c(-c2ccc(OC)cc2)csc1NC(=O)C1CC2CCCC(C1)C2=O. The summed E-state index contributed by atoms with van der Waals surface area (Å²) in [5.74, 6) is 0.299. The summed E-state index contributed by atoms with van der Waals surface area (Å²) < 4.78 is 10.5. The van der Waals surface area contributed by atoms with Crippen molar-refractivity contribution in [2.45, 2.75) is 39.0 Å². The molecule has 0 aliphatic heterocycles. The number of nitrogens with one attached hydrogen (secondary N) is 1. The van der Waals surface area contributed by atoms with Crippen molar-refractivity contribution in [2.24, 2.45) is 17.8 Å². The summed E-state index contributed by atoms with van der Waals surface area (Å²) >= 11 is 1.32. The van der Waals surface area contributed by atoms with Crippen molar-refractivity contribution in [3.63, 3.8) is 0 Å². The third kappa shape index (κ3) is 4.37. The van der Waals surface area contributed by atoms with Crippen molar-refractivity contribution in [3.8, 4) is 16.9 Å². The Hall–Kier alpha value is -2.67. The molecule has 2 aliphatic carbocycles.